The molecule has 2 heterocycles. The Balaban J connectivity index is 1.64. The minimum absolute atomic E-state index is 0.145. The number of hydrogen-bond donors (Lipinski definition) is 2. The zero-order valence-electron chi connectivity index (χ0n) is 14.6. The van der Waals surface area contributed by atoms with Crippen molar-refractivity contribution < 1.29 is 14.3 Å². The van der Waals surface area contributed by atoms with Crippen molar-refractivity contribution in [3.8, 4) is 11.5 Å². The summed E-state index contributed by atoms with van der Waals surface area (Å²) in [4.78, 5) is 19.1. The predicted octanol–water partition coefficient (Wildman–Crippen LogP) is 2.23. The highest BCUT2D eigenvalue weighted by atomic mass is 16.4. The number of hydrogen-bond acceptors (Lipinski definition) is 5. The van der Waals surface area contributed by atoms with Gasteiger partial charge in [-0.05, 0) is 38.4 Å². The second kappa shape index (κ2) is 8.27. The monoisotopic (exact) mass is 343 g/mol. The Hall–Kier alpha value is -2.18. The summed E-state index contributed by atoms with van der Waals surface area (Å²) in [6.45, 7) is 4.11. The third-order valence-corrected chi connectivity index (χ3v) is 4.66. The fourth-order valence-corrected chi connectivity index (χ4v) is 3.32. The van der Waals surface area contributed by atoms with Crippen molar-refractivity contribution >= 4 is 5.91 Å². The molecule has 6 heteroatoms. The number of oxazole rings is 1. The van der Waals surface area contributed by atoms with E-state index in [1.54, 1.807) is 6.92 Å². The van der Waals surface area contributed by atoms with Crippen LogP contribution in [0.1, 0.15) is 35.5 Å². The molecule has 0 radical (unpaired) electrons. The lowest BCUT2D eigenvalue weighted by Gasteiger charge is -2.35. The van der Waals surface area contributed by atoms with Crippen molar-refractivity contribution in [1.82, 2.24) is 15.2 Å². The van der Waals surface area contributed by atoms with Crippen LogP contribution >= 0.6 is 0 Å². The quantitative estimate of drug-likeness (QED) is 0.841. The fraction of sp³-hybridized carbons (Fsp3) is 0.474. The van der Waals surface area contributed by atoms with E-state index in [2.05, 4.69) is 15.2 Å². The maximum atomic E-state index is 12.5. The molecule has 0 aliphatic carbocycles. The number of nitrogens with zero attached hydrogens (tertiary/aromatic N) is 2. The molecule has 1 amide bonds. The predicted molar refractivity (Wildman–Crippen MR) is 95.3 cm³/mol. The van der Waals surface area contributed by atoms with Gasteiger partial charge in [0.25, 0.3) is 5.91 Å². The molecule has 0 saturated carbocycles. The molecule has 1 atom stereocenters. The molecule has 25 heavy (non-hydrogen) atoms. The van der Waals surface area contributed by atoms with Gasteiger partial charge >= 0.3 is 0 Å². The molecule has 2 aromatic rings. The van der Waals surface area contributed by atoms with Gasteiger partial charge in [0.2, 0.25) is 11.7 Å². The maximum absolute atomic E-state index is 12.5. The van der Waals surface area contributed by atoms with E-state index >= 15 is 0 Å². The van der Waals surface area contributed by atoms with Crippen molar-refractivity contribution in [1.29, 1.82) is 0 Å². The molecule has 1 saturated heterocycles. The number of benzene rings is 1. The number of carbonyl (C=O) groups excluding carboxylic acids is 1. The lowest BCUT2D eigenvalue weighted by Crippen LogP contribution is -2.47. The van der Waals surface area contributed by atoms with E-state index in [9.17, 15) is 9.90 Å². The topological polar surface area (TPSA) is 78.6 Å². The first-order valence-electron chi connectivity index (χ1n) is 8.85. The largest absolute Gasteiger partial charge is 0.431 e. The Bertz CT molecular complexity index is 697. The minimum Gasteiger partial charge on any atom is -0.431 e. The molecule has 0 spiro atoms. The molecule has 1 fully saturated rings. The zero-order chi connectivity index (χ0) is 17.6. The van der Waals surface area contributed by atoms with E-state index < -0.39 is 0 Å². The number of nitrogens with one attached hydrogen (secondary N) is 1. The summed E-state index contributed by atoms with van der Waals surface area (Å²) in [5.41, 5.74) is 1.44. The van der Waals surface area contributed by atoms with E-state index in [1.807, 2.05) is 30.3 Å². The summed E-state index contributed by atoms with van der Waals surface area (Å²) in [5, 5.41) is 12.2. The Morgan fingerprint density at radius 3 is 2.92 bits per heavy atom. The molecule has 3 rings (SSSR count). The third kappa shape index (κ3) is 4.27. The van der Waals surface area contributed by atoms with Crippen LogP contribution in [-0.4, -0.2) is 53.2 Å². The van der Waals surface area contributed by atoms with Crippen LogP contribution in [-0.2, 0) is 0 Å². The minimum atomic E-state index is -0.235. The van der Waals surface area contributed by atoms with Crippen LogP contribution in [0.15, 0.2) is 34.7 Å². The van der Waals surface area contributed by atoms with Crippen LogP contribution in [0.4, 0.5) is 0 Å². The van der Waals surface area contributed by atoms with Gasteiger partial charge in [-0.25, -0.2) is 4.98 Å². The normalized spacial score (nSPS) is 18.2. The Labute approximate surface area is 147 Å². The van der Waals surface area contributed by atoms with Gasteiger partial charge in [0.15, 0.2) is 0 Å². The molecule has 6 nitrogen and oxygen atoms in total. The van der Waals surface area contributed by atoms with Gasteiger partial charge in [-0.3, -0.25) is 9.69 Å². The first kappa shape index (κ1) is 17.6. The number of β-amino-alcohol motifs (C(OH)–C–C–N with tert-alkyl or cyclic N) is 1. The number of aliphatic hydroxyl groups excluding tert-OH is 1. The van der Waals surface area contributed by atoms with Gasteiger partial charge in [0.05, 0.1) is 12.3 Å². The van der Waals surface area contributed by atoms with Gasteiger partial charge in [0, 0.05) is 24.7 Å². The van der Waals surface area contributed by atoms with E-state index in [4.69, 9.17) is 4.42 Å². The molecule has 2 N–H and O–H groups in total. The SMILES string of the molecule is Cc1nc(-c2ccccc2)oc1C(=O)NCC1CCCCN1CCO. The van der Waals surface area contributed by atoms with E-state index in [1.165, 1.54) is 0 Å². The number of piperidine rings is 1. The fourth-order valence-electron chi connectivity index (χ4n) is 3.32. The van der Waals surface area contributed by atoms with Crippen molar-refractivity contribution in [2.75, 3.05) is 26.2 Å². The number of aromatic nitrogens is 1. The second-order valence-corrected chi connectivity index (χ2v) is 6.42. The van der Waals surface area contributed by atoms with E-state index in [0.29, 0.717) is 24.7 Å². The van der Waals surface area contributed by atoms with E-state index in [0.717, 1.165) is 31.4 Å². The summed E-state index contributed by atoms with van der Waals surface area (Å²) >= 11 is 0. The van der Waals surface area contributed by atoms with Crippen LogP contribution in [0, 0.1) is 6.92 Å². The number of rotatable bonds is 6. The molecule has 1 aliphatic rings. The molecule has 1 aromatic carbocycles. The summed E-state index contributed by atoms with van der Waals surface area (Å²) in [6, 6.07) is 9.82. The van der Waals surface area contributed by atoms with Gasteiger partial charge in [-0.1, -0.05) is 24.6 Å². The summed E-state index contributed by atoms with van der Waals surface area (Å²) in [7, 11) is 0. The zero-order valence-corrected chi connectivity index (χ0v) is 14.6. The van der Waals surface area contributed by atoms with E-state index in [-0.39, 0.29) is 24.3 Å². The molecule has 134 valence electrons. The van der Waals surface area contributed by atoms with Crippen molar-refractivity contribution in [2.24, 2.45) is 0 Å². The number of carbonyl (C=O) groups is 1. The first-order valence-corrected chi connectivity index (χ1v) is 8.85. The molecule has 0 bridgehead atoms. The molecular weight excluding hydrogens is 318 g/mol. The maximum Gasteiger partial charge on any atom is 0.289 e. The standard InChI is InChI=1S/C19H25N3O3/c1-14-17(25-19(21-14)15-7-3-2-4-8-15)18(24)20-13-16-9-5-6-10-22(16)11-12-23/h2-4,7-8,16,23H,5-6,9-13H2,1H3,(H,20,24). The highest BCUT2D eigenvalue weighted by Crippen LogP contribution is 2.22. The average molecular weight is 343 g/mol. The lowest BCUT2D eigenvalue weighted by atomic mass is 10.0. The second-order valence-electron chi connectivity index (χ2n) is 6.42. The van der Waals surface area contributed by atoms with Crippen molar-refractivity contribution in [2.45, 2.75) is 32.2 Å². The number of amides is 1. The lowest BCUT2D eigenvalue weighted by molar-refractivity contribution is 0.0865. The third-order valence-electron chi connectivity index (χ3n) is 4.66. The molecule has 1 aromatic heterocycles. The van der Waals surface area contributed by atoms with Gasteiger partial charge in [0.1, 0.15) is 0 Å². The van der Waals surface area contributed by atoms with Crippen LogP contribution in [0.2, 0.25) is 0 Å². The van der Waals surface area contributed by atoms with Crippen molar-refractivity contribution in [3.63, 3.8) is 0 Å². The van der Waals surface area contributed by atoms with Crippen LogP contribution in [0.5, 0.6) is 0 Å². The van der Waals surface area contributed by atoms with Crippen LogP contribution < -0.4 is 5.32 Å². The number of aliphatic hydroxyl groups is 1. The smallest absolute Gasteiger partial charge is 0.289 e. The van der Waals surface area contributed by atoms with Gasteiger partial charge in [-0.2, -0.15) is 0 Å². The molecule has 1 aliphatic heterocycles. The number of aryl methyl sites for hydroxylation is 1. The first-order chi connectivity index (χ1) is 12.2. The molecular formula is C19H25N3O3. The van der Waals surface area contributed by atoms with Crippen molar-refractivity contribution in [3.05, 3.63) is 41.8 Å². The molecule has 1 unspecified atom stereocenters. The van der Waals surface area contributed by atoms with Gasteiger partial charge < -0.3 is 14.8 Å². The van der Waals surface area contributed by atoms with Crippen LogP contribution in [0.3, 0.4) is 0 Å². The van der Waals surface area contributed by atoms with Crippen LogP contribution in [0.25, 0.3) is 11.5 Å². The Morgan fingerprint density at radius 2 is 2.16 bits per heavy atom. The summed E-state index contributed by atoms with van der Waals surface area (Å²) < 4.78 is 5.70. The summed E-state index contributed by atoms with van der Waals surface area (Å²) in [6.07, 6.45) is 3.33. The Kier molecular flexibility index (Phi) is 5.83. The highest BCUT2D eigenvalue weighted by Gasteiger charge is 2.24. The summed E-state index contributed by atoms with van der Waals surface area (Å²) in [5.74, 6) is 0.493. The average Bonchev–Trinajstić information content (AvgIpc) is 3.04. The Morgan fingerprint density at radius 1 is 1.36 bits per heavy atom. The number of likely N-dealkylation sites (tertiary alicyclic amines) is 1. The highest BCUT2D eigenvalue weighted by molar-refractivity contribution is 5.92. The van der Waals surface area contributed by atoms with Gasteiger partial charge in [-0.15, -0.1) is 0 Å².